The van der Waals surface area contributed by atoms with Gasteiger partial charge in [0.2, 0.25) is 5.91 Å². The summed E-state index contributed by atoms with van der Waals surface area (Å²) in [6.07, 6.45) is 2.15. The largest absolute Gasteiger partial charge is 0.493 e. The van der Waals surface area contributed by atoms with E-state index >= 15 is 0 Å². The maximum atomic E-state index is 12.9. The quantitative estimate of drug-likeness (QED) is 0.828. The molecule has 1 aromatic rings. The molecular formula is C17H22N2O3S. The zero-order valence-electron chi connectivity index (χ0n) is 13.5. The first-order valence-electron chi connectivity index (χ1n) is 8.00. The van der Waals surface area contributed by atoms with Gasteiger partial charge in [-0.1, -0.05) is 12.1 Å². The minimum Gasteiger partial charge on any atom is -0.493 e. The second-order valence-corrected chi connectivity index (χ2v) is 6.90. The van der Waals surface area contributed by atoms with Crippen LogP contribution in [0, 0.1) is 0 Å². The van der Waals surface area contributed by atoms with Crippen LogP contribution in [0.1, 0.15) is 30.1 Å². The predicted octanol–water partition coefficient (Wildman–Crippen LogP) is 2.22. The third kappa shape index (κ3) is 3.32. The summed E-state index contributed by atoms with van der Waals surface area (Å²) < 4.78 is 5.56. The molecule has 1 aromatic carbocycles. The highest BCUT2D eigenvalue weighted by Crippen LogP contribution is 2.31. The molecule has 2 fully saturated rings. The van der Waals surface area contributed by atoms with Crippen LogP contribution in [0.5, 0.6) is 5.75 Å². The molecule has 1 aliphatic carbocycles. The number of hydrogen-bond donors (Lipinski definition) is 0. The molecule has 124 valence electrons. The normalized spacial score (nSPS) is 20.4. The highest BCUT2D eigenvalue weighted by Gasteiger charge is 2.40. The maximum Gasteiger partial charge on any atom is 0.259 e. The van der Waals surface area contributed by atoms with Crippen LogP contribution in [0.25, 0.3) is 0 Å². The number of para-hydroxylation sites is 1. The SMILES string of the molecule is CCOc1ccccc1C(=O)N1CSC[C@@H]1C(=O)N(C)C1CC1. The third-order valence-electron chi connectivity index (χ3n) is 4.29. The van der Waals surface area contributed by atoms with Crippen molar-refractivity contribution in [1.82, 2.24) is 9.80 Å². The number of hydrogen-bond acceptors (Lipinski definition) is 4. The number of ether oxygens (including phenoxy) is 1. The summed E-state index contributed by atoms with van der Waals surface area (Å²) in [5, 5.41) is 0. The molecule has 1 saturated carbocycles. The summed E-state index contributed by atoms with van der Waals surface area (Å²) in [5.74, 6) is 1.73. The lowest BCUT2D eigenvalue weighted by Crippen LogP contribution is -2.48. The number of likely N-dealkylation sites (N-methyl/N-ethyl adjacent to an activating group) is 1. The van der Waals surface area contributed by atoms with Gasteiger partial charge in [0.1, 0.15) is 11.8 Å². The van der Waals surface area contributed by atoms with Gasteiger partial charge in [0.05, 0.1) is 18.0 Å². The second-order valence-electron chi connectivity index (χ2n) is 5.90. The average molecular weight is 334 g/mol. The smallest absolute Gasteiger partial charge is 0.259 e. The van der Waals surface area contributed by atoms with E-state index in [1.54, 1.807) is 28.8 Å². The molecule has 1 heterocycles. The van der Waals surface area contributed by atoms with Crippen LogP contribution in [0.15, 0.2) is 24.3 Å². The summed E-state index contributed by atoms with van der Waals surface area (Å²) in [5.41, 5.74) is 0.531. The Morgan fingerprint density at radius 1 is 1.35 bits per heavy atom. The van der Waals surface area contributed by atoms with Gasteiger partial charge in [0.15, 0.2) is 0 Å². The van der Waals surface area contributed by atoms with Crippen molar-refractivity contribution in [3.63, 3.8) is 0 Å². The van der Waals surface area contributed by atoms with Crippen LogP contribution >= 0.6 is 11.8 Å². The van der Waals surface area contributed by atoms with Crippen molar-refractivity contribution in [1.29, 1.82) is 0 Å². The molecular weight excluding hydrogens is 312 g/mol. The van der Waals surface area contributed by atoms with Gasteiger partial charge in [-0.25, -0.2) is 0 Å². The van der Waals surface area contributed by atoms with Gasteiger partial charge in [-0.2, -0.15) is 0 Å². The van der Waals surface area contributed by atoms with Crippen LogP contribution in [0.4, 0.5) is 0 Å². The summed E-state index contributed by atoms with van der Waals surface area (Å²) in [4.78, 5) is 29.1. The van der Waals surface area contributed by atoms with Crippen molar-refractivity contribution >= 4 is 23.6 Å². The van der Waals surface area contributed by atoms with Gasteiger partial charge < -0.3 is 14.5 Å². The molecule has 0 bridgehead atoms. The van der Waals surface area contributed by atoms with Gasteiger partial charge in [-0.15, -0.1) is 11.8 Å². The minimum atomic E-state index is -0.368. The summed E-state index contributed by atoms with van der Waals surface area (Å²) in [7, 11) is 1.85. The molecule has 1 aliphatic heterocycles. The second kappa shape index (κ2) is 6.83. The monoisotopic (exact) mass is 334 g/mol. The van der Waals surface area contributed by atoms with Crippen molar-refractivity contribution in [2.45, 2.75) is 31.8 Å². The van der Waals surface area contributed by atoms with E-state index in [4.69, 9.17) is 4.74 Å². The number of nitrogens with zero attached hydrogens (tertiary/aromatic N) is 2. The zero-order chi connectivity index (χ0) is 16.4. The lowest BCUT2D eigenvalue weighted by atomic mass is 10.1. The molecule has 2 amide bonds. The van der Waals surface area contributed by atoms with Crippen molar-refractivity contribution < 1.29 is 14.3 Å². The Morgan fingerprint density at radius 3 is 2.78 bits per heavy atom. The van der Waals surface area contributed by atoms with Crippen LogP contribution in [0.2, 0.25) is 0 Å². The van der Waals surface area contributed by atoms with E-state index in [1.807, 2.05) is 31.0 Å². The molecule has 0 aromatic heterocycles. The minimum absolute atomic E-state index is 0.0553. The Bertz CT molecular complexity index is 603. The Hall–Kier alpha value is -1.69. The number of carbonyl (C=O) groups is 2. The fourth-order valence-electron chi connectivity index (χ4n) is 2.80. The van der Waals surface area contributed by atoms with E-state index in [0.717, 1.165) is 12.8 Å². The van der Waals surface area contributed by atoms with Crippen molar-refractivity contribution in [2.75, 3.05) is 25.3 Å². The lowest BCUT2D eigenvalue weighted by Gasteiger charge is -2.27. The standard InChI is InChI=1S/C17H22N2O3S/c1-3-22-15-7-5-4-6-13(15)16(20)19-11-23-10-14(19)17(21)18(2)12-8-9-12/h4-7,12,14H,3,8-11H2,1-2H3/t14-/m1/s1. The van der Waals surface area contributed by atoms with E-state index in [-0.39, 0.29) is 17.9 Å². The van der Waals surface area contributed by atoms with Gasteiger partial charge >= 0.3 is 0 Å². The third-order valence-corrected chi connectivity index (χ3v) is 5.30. The Balaban J connectivity index is 1.79. The van der Waals surface area contributed by atoms with Gasteiger partial charge in [0, 0.05) is 18.8 Å². The fraction of sp³-hybridized carbons (Fsp3) is 0.529. The maximum absolute atomic E-state index is 12.9. The van der Waals surface area contributed by atoms with E-state index in [1.165, 1.54) is 0 Å². The molecule has 1 saturated heterocycles. The van der Waals surface area contributed by atoms with Gasteiger partial charge in [-0.3, -0.25) is 9.59 Å². The lowest BCUT2D eigenvalue weighted by molar-refractivity contribution is -0.134. The first kappa shape index (κ1) is 16.2. The van der Waals surface area contributed by atoms with E-state index < -0.39 is 0 Å². The van der Waals surface area contributed by atoms with Gasteiger partial charge in [0.25, 0.3) is 5.91 Å². The molecule has 6 heteroatoms. The number of benzene rings is 1. The van der Waals surface area contributed by atoms with Crippen molar-refractivity contribution in [2.24, 2.45) is 0 Å². The van der Waals surface area contributed by atoms with Crippen molar-refractivity contribution in [3.05, 3.63) is 29.8 Å². The van der Waals surface area contributed by atoms with E-state index in [2.05, 4.69) is 0 Å². The molecule has 2 aliphatic rings. The zero-order valence-corrected chi connectivity index (χ0v) is 14.3. The first-order valence-corrected chi connectivity index (χ1v) is 9.16. The van der Waals surface area contributed by atoms with Crippen LogP contribution in [0.3, 0.4) is 0 Å². The molecule has 5 nitrogen and oxygen atoms in total. The highest BCUT2D eigenvalue weighted by molar-refractivity contribution is 7.99. The number of amides is 2. The number of carbonyl (C=O) groups excluding carboxylic acids is 2. The Kier molecular flexibility index (Phi) is 4.80. The molecule has 0 unspecified atom stereocenters. The van der Waals surface area contributed by atoms with Crippen LogP contribution in [-0.2, 0) is 4.79 Å². The summed E-state index contributed by atoms with van der Waals surface area (Å²) in [6, 6.07) is 7.24. The van der Waals surface area contributed by atoms with Gasteiger partial charge in [-0.05, 0) is 31.9 Å². The molecule has 1 atom stereocenters. The molecule has 0 N–H and O–H groups in total. The topological polar surface area (TPSA) is 49.9 Å². The molecule has 23 heavy (non-hydrogen) atoms. The molecule has 3 rings (SSSR count). The summed E-state index contributed by atoms with van der Waals surface area (Å²) >= 11 is 1.63. The number of rotatable bonds is 5. The highest BCUT2D eigenvalue weighted by atomic mass is 32.2. The first-order chi connectivity index (χ1) is 11.1. The van der Waals surface area contributed by atoms with E-state index in [9.17, 15) is 9.59 Å². The fourth-order valence-corrected chi connectivity index (χ4v) is 3.95. The van der Waals surface area contributed by atoms with E-state index in [0.29, 0.717) is 35.6 Å². The van der Waals surface area contributed by atoms with Crippen molar-refractivity contribution in [3.8, 4) is 5.75 Å². The molecule has 0 spiro atoms. The number of thioether (sulfide) groups is 1. The van der Waals surface area contributed by atoms with Crippen LogP contribution in [-0.4, -0.2) is 59.0 Å². The van der Waals surface area contributed by atoms with Crippen LogP contribution < -0.4 is 4.74 Å². The predicted molar refractivity (Wildman–Crippen MR) is 90.7 cm³/mol. The Morgan fingerprint density at radius 2 is 2.09 bits per heavy atom. The Labute approximate surface area is 141 Å². The summed E-state index contributed by atoms with van der Waals surface area (Å²) in [6.45, 7) is 2.40. The average Bonchev–Trinajstić information content (AvgIpc) is 3.30. The molecule has 0 radical (unpaired) electrons.